The van der Waals surface area contributed by atoms with Gasteiger partial charge in [-0.25, -0.2) is 4.57 Å². The molecule has 1 fully saturated rings. The second-order valence-electron chi connectivity index (χ2n) is 30.6. The predicted molar refractivity (Wildman–Crippen MR) is 393 cm³/mol. The summed E-state index contributed by atoms with van der Waals surface area (Å²) in [5, 5.41) is 3.01. The molecular formula is C75H136NO14PSi3. The highest BCUT2D eigenvalue weighted by Crippen LogP contribution is 2.53. The van der Waals surface area contributed by atoms with Crippen molar-refractivity contribution in [3.05, 3.63) is 60.7 Å². The number of ether oxygens (including phenoxy) is 6. The van der Waals surface area contributed by atoms with Crippen LogP contribution in [0.4, 0.5) is 0 Å². The number of hydrogen-bond donors (Lipinski definition) is 1. The number of carbonyl (C=O) groups is 3. The Hall–Kier alpha value is -2.91. The highest BCUT2D eigenvalue weighted by Gasteiger charge is 2.55. The van der Waals surface area contributed by atoms with Crippen LogP contribution in [0.3, 0.4) is 0 Å². The van der Waals surface area contributed by atoms with E-state index < -0.39 is 87.0 Å². The van der Waals surface area contributed by atoms with Crippen LogP contribution in [0, 0.1) is 0 Å². The van der Waals surface area contributed by atoms with Gasteiger partial charge in [0.2, 0.25) is 5.91 Å². The number of hydrogen-bond acceptors (Lipinski definition) is 14. The Balaban J connectivity index is 2.16. The smallest absolute Gasteiger partial charge is 0.462 e. The molecule has 542 valence electrons. The van der Waals surface area contributed by atoms with E-state index >= 15 is 14.2 Å². The fraction of sp³-hybridized carbons (Fsp3) is 0.800. The van der Waals surface area contributed by atoms with Crippen molar-refractivity contribution in [1.29, 1.82) is 0 Å². The first kappa shape index (κ1) is 85.3. The molecule has 7 atom stereocenters. The normalized spacial score (nSPS) is 18.0. The molecule has 3 rings (SSSR count). The molecule has 2 aromatic rings. The molecule has 94 heavy (non-hydrogen) atoms. The van der Waals surface area contributed by atoms with Gasteiger partial charge in [0.25, 0.3) is 0 Å². The Labute approximate surface area is 575 Å². The van der Waals surface area contributed by atoms with Crippen LogP contribution in [0.1, 0.15) is 247 Å². The highest BCUT2D eigenvalue weighted by atomic mass is 31.2. The minimum absolute atomic E-state index is 0.0430. The summed E-state index contributed by atoms with van der Waals surface area (Å²) in [6.45, 7) is 31.8. The van der Waals surface area contributed by atoms with E-state index in [0.717, 1.165) is 82.7 Å². The lowest BCUT2D eigenvalue weighted by Crippen LogP contribution is -2.67. The van der Waals surface area contributed by atoms with Crippen LogP contribution >= 0.6 is 7.82 Å². The van der Waals surface area contributed by atoms with Gasteiger partial charge in [-0.1, -0.05) is 278 Å². The van der Waals surface area contributed by atoms with Crippen molar-refractivity contribution in [2.24, 2.45) is 0 Å². The van der Waals surface area contributed by atoms with Crippen molar-refractivity contribution in [2.75, 3.05) is 26.6 Å². The summed E-state index contributed by atoms with van der Waals surface area (Å²) < 4.78 is 81.9. The topological polar surface area (TPSA) is 173 Å². The summed E-state index contributed by atoms with van der Waals surface area (Å²) in [4.78, 5) is 44.3. The summed E-state index contributed by atoms with van der Waals surface area (Å²) in [5.41, 5.74) is 0. The summed E-state index contributed by atoms with van der Waals surface area (Å²) in [5.74, 6) is -1.06. The van der Waals surface area contributed by atoms with Crippen LogP contribution in [0.15, 0.2) is 60.7 Å². The van der Waals surface area contributed by atoms with Gasteiger partial charge >= 0.3 is 19.8 Å². The number of benzene rings is 2. The van der Waals surface area contributed by atoms with Gasteiger partial charge in [-0.2, -0.15) is 0 Å². The minimum atomic E-state index is -4.82. The number of phosphoric acid groups is 1. The molecule has 0 spiro atoms. The number of amides is 1. The van der Waals surface area contributed by atoms with Gasteiger partial charge in [-0.3, -0.25) is 18.9 Å². The van der Waals surface area contributed by atoms with Crippen molar-refractivity contribution in [1.82, 2.24) is 5.32 Å². The summed E-state index contributed by atoms with van der Waals surface area (Å²) >= 11 is 0. The maximum absolute atomic E-state index is 15.9. The van der Waals surface area contributed by atoms with E-state index in [9.17, 15) is 4.79 Å². The van der Waals surface area contributed by atoms with Crippen LogP contribution in [-0.4, -0.2) is 112 Å². The average molecular weight is 1390 g/mol. The maximum atomic E-state index is 15.9. The molecule has 1 amide bonds. The Morgan fingerprint density at radius 1 is 0.553 bits per heavy atom. The number of para-hydroxylation sites is 2. The molecule has 1 saturated heterocycles. The van der Waals surface area contributed by atoms with Gasteiger partial charge in [0, 0.05) is 35.8 Å². The van der Waals surface area contributed by atoms with Crippen LogP contribution in [0.2, 0.25) is 69.5 Å². The molecule has 0 saturated carbocycles. The third-order valence-corrected chi connectivity index (χ3v) is 27.5. The Morgan fingerprint density at radius 3 is 1.47 bits per heavy atom. The van der Waals surface area contributed by atoms with Gasteiger partial charge in [-0.05, 0) is 80.2 Å². The first-order chi connectivity index (χ1) is 44.8. The van der Waals surface area contributed by atoms with Crippen LogP contribution in [0.25, 0.3) is 0 Å². The molecule has 1 aliphatic heterocycles. The first-order valence-corrected chi connectivity index (χ1v) is 49.1. The zero-order chi connectivity index (χ0) is 69.1. The monoisotopic (exact) mass is 1390 g/mol. The lowest BCUT2D eigenvalue weighted by Gasteiger charge is -2.47. The SMILES string of the molecule is CCCCCCCCCCCCCCCC(=O)OC(CCCCCCC)CC(=O)O[C@@H]1[C@@H](NC(=O)CC(CCCCCCCCCCC)OCOCC[Si](C)(C)C)[C@H](OCC[Si](C)(C)C)O[C@H](CO[Si](C)(C)C(C)(C)C)[C@H]1OP(=O)(Oc1ccccc1)Oc1ccccc1. The van der Waals surface area contributed by atoms with Gasteiger partial charge in [0.1, 0.15) is 42.6 Å². The molecular weight excluding hydrogens is 1250 g/mol. The van der Waals surface area contributed by atoms with E-state index in [-0.39, 0.29) is 61.8 Å². The van der Waals surface area contributed by atoms with Crippen molar-refractivity contribution >= 4 is 50.1 Å². The van der Waals surface area contributed by atoms with Crippen LogP contribution in [0.5, 0.6) is 11.5 Å². The molecule has 2 unspecified atom stereocenters. The van der Waals surface area contributed by atoms with E-state index in [4.69, 9.17) is 46.4 Å². The number of nitrogens with one attached hydrogen (secondary N) is 1. The largest absolute Gasteiger partial charge is 0.588 e. The Bertz CT molecular complexity index is 2270. The number of rotatable bonds is 56. The molecule has 0 bridgehead atoms. The highest BCUT2D eigenvalue weighted by molar-refractivity contribution is 7.49. The molecule has 1 aliphatic rings. The van der Waals surface area contributed by atoms with Gasteiger partial charge in [0.15, 0.2) is 20.7 Å². The van der Waals surface area contributed by atoms with Crippen LogP contribution < -0.4 is 14.4 Å². The number of esters is 2. The average Bonchev–Trinajstić information content (AvgIpc) is 0.791. The predicted octanol–water partition coefficient (Wildman–Crippen LogP) is 21.3. The van der Waals surface area contributed by atoms with E-state index in [1.807, 2.05) is 12.1 Å². The minimum Gasteiger partial charge on any atom is -0.462 e. The number of carbonyl (C=O) groups excluding carboxylic acids is 3. The molecule has 0 radical (unpaired) electrons. The lowest BCUT2D eigenvalue weighted by molar-refractivity contribution is -0.269. The first-order valence-electron chi connectivity index (χ1n) is 37.3. The Kier molecular flexibility index (Phi) is 43.5. The third-order valence-electron chi connectivity index (χ3n) is 18.2. The molecule has 19 heteroatoms. The molecule has 0 aromatic heterocycles. The van der Waals surface area contributed by atoms with E-state index in [0.29, 0.717) is 25.9 Å². The molecule has 2 aromatic carbocycles. The van der Waals surface area contributed by atoms with E-state index in [1.165, 1.54) is 96.3 Å². The van der Waals surface area contributed by atoms with Crippen molar-refractivity contribution in [2.45, 2.75) is 359 Å². The second-order valence-corrected chi connectivity index (χ2v) is 48.1. The lowest BCUT2D eigenvalue weighted by atomic mass is 9.96. The maximum Gasteiger partial charge on any atom is 0.588 e. The quantitative estimate of drug-likeness (QED) is 0.0218. The van der Waals surface area contributed by atoms with Gasteiger partial charge < -0.3 is 47.2 Å². The molecule has 0 aliphatic carbocycles. The summed E-state index contributed by atoms with van der Waals surface area (Å²) in [7, 11) is -10.5. The zero-order valence-corrected chi connectivity index (χ0v) is 65.7. The van der Waals surface area contributed by atoms with Crippen LogP contribution in [-0.2, 0) is 56.3 Å². The number of phosphoric ester groups is 1. The van der Waals surface area contributed by atoms with Crippen molar-refractivity contribution < 1.29 is 65.4 Å². The third kappa shape index (κ3) is 39.6. The molecule has 15 nitrogen and oxygen atoms in total. The zero-order valence-electron chi connectivity index (χ0n) is 61.8. The van der Waals surface area contributed by atoms with Crippen molar-refractivity contribution in [3.8, 4) is 11.5 Å². The van der Waals surface area contributed by atoms with Gasteiger partial charge in [0.05, 0.1) is 25.6 Å². The fourth-order valence-electron chi connectivity index (χ4n) is 11.1. The van der Waals surface area contributed by atoms with Crippen molar-refractivity contribution in [3.63, 3.8) is 0 Å². The van der Waals surface area contributed by atoms with E-state index in [1.54, 1.807) is 48.5 Å². The fourth-order valence-corrected chi connectivity index (χ4v) is 15.0. The standard InChI is InChI=1S/C75H136NO14PSi3/c1-15-18-21-24-26-28-29-30-31-33-35-38-47-54-69(78)85-66(53-42-36-23-20-17-3)60-70(79)87-73-71(76-68(77)59-65(83-62-81-55-57-92(7,8)9)52-41-37-34-32-27-25-22-19-16-2)74(82-56-58-93(10,11)12)86-67(61-84-94(13,14)75(4,5)6)72(73)90-91(80,88-63-48-43-39-44-49-63)89-64-50-45-40-46-51-64/h39-40,43-46,48-51,65-67,71-74H,15-38,41-42,47,52-62H2,1-14H3,(H,76,77)/t65?,66?,67-,71-,72-,73-,74-/m1/s1. The molecule has 1 heterocycles. The second kappa shape index (κ2) is 48.0. The summed E-state index contributed by atoms with van der Waals surface area (Å²) in [6.07, 6.45) is 25.2. The summed E-state index contributed by atoms with van der Waals surface area (Å²) in [6, 6.07) is 17.7. The van der Waals surface area contributed by atoms with E-state index in [2.05, 4.69) is 99.2 Å². The van der Waals surface area contributed by atoms with Gasteiger partial charge in [-0.15, -0.1) is 0 Å². The molecule has 1 N–H and O–H groups in total. The Morgan fingerprint density at radius 2 is 1.00 bits per heavy atom. The number of unbranched alkanes of at least 4 members (excludes halogenated alkanes) is 24.